The van der Waals surface area contributed by atoms with Crippen molar-refractivity contribution in [1.29, 1.82) is 0 Å². The topological polar surface area (TPSA) is 41.1 Å². The van der Waals surface area contributed by atoms with Crippen molar-refractivity contribution in [2.45, 2.75) is 44.7 Å². The first-order valence-electron chi connectivity index (χ1n) is 4.81. The first-order valence-corrected chi connectivity index (χ1v) is 4.81. The highest BCUT2D eigenvalue weighted by molar-refractivity contribution is 5.75. The highest BCUT2D eigenvalue weighted by atomic mass is 16.2. The third-order valence-corrected chi connectivity index (χ3v) is 2.62. The van der Waals surface area contributed by atoms with E-state index in [4.69, 9.17) is 0 Å². The minimum absolute atomic E-state index is 0.0365. The second kappa shape index (κ2) is 2.96. The molecule has 0 aromatic heterocycles. The van der Waals surface area contributed by atoms with Gasteiger partial charge >= 0.3 is 6.03 Å². The van der Waals surface area contributed by atoms with Gasteiger partial charge in [-0.05, 0) is 31.6 Å². The fraction of sp³-hybridized carbons (Fsp3) is 0.889. The van der Waals surface area contributed by atoms with Crippen LogP contribution in [-0.4, -0.2) is 18.1 Å². The van der Waals surface area contributed by atoms with Crippen molar-refractivity contribution in [3.05, 3.63) is 0 Å². The zero-order chi connectivity index (χ0) is 8.55. The monoisotopic (exact) mass is 168 g/mol. The number of amides is 2. The highest BCUT2D eigenvalue weighted by Gasteiger charge is 2.28. The van der Waals surface area contributed by atoms with Crippen LogP contribution in [0.25, 0.3) is 0 Å². The molecule has 0 saturated heterocycles. The van der Waals surface area contributed by atoms with Crippen molar-refractivity contribution >= 4 is 6.03 Å². The molecule has 2 fully saturated rings. The van der Waals surface area contributed by atoms with E-state index in [9.17, 15) is 4.79 Å². The summed E-state index contributed by atoms with van der Waals surface area (Å²) in [5.41, 5.74) is 0. The van der Waals surface area contributed by atoms with E-state index < -0.39 is 0 Å². The average molecular weight is 168 g/mol. The van der Waals surface area contributed by atoms with Gasteiger partial charge in [-0.15, -0.1) is 0 Å². The molecule has 2 amide bonds. The molecule has 2 aliphatic carbocycles. The number of hydrogen-bond donors (Lipinski definition) is 2. The molecular formula is C9H16N2O. The lowest BCUT2D eigenvalue weighted by molar-refractivity contribution is 0.210. The molecule has 3 nitrogen and oxygen atoms in total. The maximum absolute atomic E-state index is 11.2. The fourth-order valence-corrected chi connectivity index (χ4v) is 1.66. The highest BCUT2D eigenvalue weighted by Crippen LogP contribution is 2.26. The summed E-state index contributed by atoms with van der Waals surface area (Å²) < 4.78 is 0. The van der Waals surface area contributed by atoms with E-state index in [1.54, 1.807) is 0 Å². The second-order valence-electron chi connectivity index (χ2n) is 4.17. The number of rotatable bonds is 2. The van der Waals surface area contributed by atoms with Crippen molar-refractivity contribution in [2.75, 3.05) is 0 Å². The van der Waals surface area contributed by atoms with E-state index in [1.807, 2.05) is 0 Å². The van der Waals surface area contributed by atoms with Crippen LogP contribution in [0.3, 0.4) is 0 Å². The van der Waals surface area contributed by atoms with Gasteiger partial charge in [0.05, 0.1) is 0 Å². The van der Waals surface area contributed by atoms with E-state index in [0.29, 0.717) is 12.1 Å². The smallest absolute Gasteiger partial charge is 0.315 e. The molecular weight excluding hydrogens is 152 g/mol. The van der Waals surface area contributed by atoms with Crippen LogP contribution in [0.2, 0.25) is 0 Å². The molecule has 0 heterocycles. The lowest BCUT2D eigenvalue weighted by atomic mass is 9.82. The van der Waals surface area contributed by atoms with Crippen molar-refractivity contribution in [3.63, 3.8) is 0 Å². The maximum atomic E-state index is 11.2. The molecule has 2 rings (SSSR count). The summed E-state index contributed by atoms with van der Waals surface area (Å²) in [6.07, 6.45) is 4.62. The molecule has 0 spiro atoms. The Bertz CT molecular complexity index is 183. The Labute approximate surface area is 72.9 Å². The van der Waals surface area contributed by atoms with Gasteiger partial charge in [0.2, 0.25) is 0 Å². The third-order valence-electron chi connectivity index (χ3n) is 2.62. The summed E-state index contributed by atoms with van der Waals surface area (Å²) in [4.78, 5) is 11.2. The van der Waals surface area contributed by atoms with E-state index >= 15 is 0 Å². The molecule has 3 heteroatoms. The standard InChI is InChI=1S/C9H16N2O/c1-6-4-8(5-6)11-9(12)10-7-2-3-7/h6-8H,2-5H2,1H3,(H2,10,11,12). The first-order chi connectivity index (χ1) is 5.74. The molecule has 0 radical (unpaired) electrons. The van der Waals surface area contributed by atoms with E-state index in [0.717, 1.165) is 31.6 Å². The van der Waals surface area contributed by atoms with Crippen LogP contribution in [0.15, 0.2) is 0 Å². The van der Waals surface area contributed by atoms with Crippen LogP contribution in [0.1, 0.15) is 32.6 Å². The van der Waals surface area contributed by atoms with Crippen LogP contribution in [0.5, 0.6) is 0 Å². The number of carbonyl (C=O) groups excluding carboxylic acids is 1. The van der Waals surface area contributed by atoms with Gasteiger partial charge in [0, 0.05) is 12.1 Å². The van der Waals surface area contributed by atoms with Gasteiger partial charge in [-0.2, -0.15) is 0 Å². The van der Waals surface area contributed by atoms with Crippen LogP contribution in [-0.2, 0) is 0 Å². The fourth-order valence-electron chi connectivity index (χ4n) is 1.66. The Kier molecular flexibility index (Phi) is 1.95. The summed E-state index contributed by atoms with van der Waals surface area (Å²) in [5, 5.41) is 5.89. The second-order valence-corrected chi connectivity index (χ2v) is 4.17. The minimum atomic E-state index is 0.0365. The zero-order valence-corrected chi connectivity index (χ0v) is 7.47. The Morgan fingerprint density at radius 3 is 2.25 bits per heavy atom. The molecule has 0 aliphatic heterocycles. The Hall–Kier alpha value is -0.730. The van der Waals surface area contributed by atoms with Gasteiger partial charge in [0.15, 0.2) is 0 Å². The van der Waals surface area contributed by atoms with Crippen LogP contribution < -0.4 is 10.6 Å². The Balaban J connectivity index is 1.62. The normalized spacial score (nSPS) is 33.8. The minimum Gasteiger partial charge on any atom is -0.335 e. The van der Waals surface area contributed by atoms with Gasteiger partial charge in [-0.3, -0.25) is 0 Å². The van der Waals surface area contributed by atoms with Gasteiger partial charge in [-0.25, -0.2) is 4.79 Å². The van der Waals surface area contributed by atoms with E-state index in [1.165, 1.54) is 0 Å². The van der Waals surface area contributed by atoms with Crippen molar-refractivity contribution in [3.8, 4) is 0 Å². The van der Waals surface area contributed by atoms with Gasteiger partial charge in [-0.1, -0.05) is 6.92 Å². The molecule has 12 heavy (non-hydrogen) atoms. The summed E-state index contributed by atoms with van der Waals surface area (Å²) in [6.45, 7) is 2.22. The molecule has 2 N–H and O–H groups in total. The predicted molar refractivity (Wildman–Crippen MR) is 46.9 cm³/mol. The van der Waals surface area contributed by atoms with Crippen molar-refractivity contribution in [1.82, 2.24) is 10.6 Å². The molecule has 2 aliphatic rings. The summed E-state index contributed by atoms with van der Waals surface area (Å²) in [7, 11) is 0. The summed E-state index contributed by atoms with van der Waals surface area (Å²) >= 11 is 0. The molecule has 0 atom stereocenters. The van der Waals surface area contributed by atoms with E-state index in [-0.39, 0.29) is 6.03 Å². The quantitative estimate of drug-likeness (QED) is 0.640. The predicted octanol–water partition coefficient (Wildman–Crippen LogP) is 1.25. The number of urea groups is 1. The lowest BCUT2D eigenvalue weighted by Gasteiger charge is -2.33. The summed E-state index contributed by atoms with van der Waals surface area (Å²) in [6, 6.07) is 0.954. The van der Waals surface area contributed by atoms with Crippen molar-refractivity contribution in [2.24, 2.45) is 5.92 Å². The molecule has 2 saturated carbocycles. The number of hydrogen-bond acceptors (Lipinski definition) is 1. The zero-order valence-electron chi connectivity index (χ0n) is 7.47. The Morgan fingerprint density at radius 1 is 1.17 bits per heavy atom. The summed E-state index contributed by atoms with van der Waals surface area (Å²) in [5.74, 6) is 0.802. The van der Waals surface area contributed by atoms with Gasteiger partial charge in [0.25, 0.3) is 0 Å². The van der Waals surface area contributed by atoms with Gasteiger partial charge < -0.3 is 10.6 Å². The molecule has 0 bridgehead atoms. The lowest BCUT2D eigenvalue weighted by Crippen LogP contribution is -2.48. The number of nitrogens with one attached hydrogen (secondary N) is 2. The largest absolute Gasteiger partial charge is 0.335 e. The van der Waals surface area contributed by atoms with Gasteiger partial charge in [0.1, 0.15) is 0 Å². The first kappa shape index (κ1) is 7.90. The molecule has 68 valence electrons. The SMILES string of the molecule is CC1CC(NC(=O)NC2CC2)C1. The van der Waals surface area contributed by atoms with E-state index in [2.05, 4.69) is 17.6 Å². The maximum Gasteiger partial charge on any atom is 0.315 e. The number of carbonyl (C=O) groups is 1. The molecule has 0 aromatic rings. The van der Waals surface area contributed by atoms with Crippen LogP contribution >= 0.6 is 0 Å². The van der Waals surface area contributed by atoms with Crippen LogP contribution in [0.4, 0.5) is 4.79 Å². The van der Waals surface area contributed by atoms with Crippen molar-refractivity contribution < 1.29 is 4.79 Å². The Morgan fingerprint density at radius 2 is 1.75 bits per heavy atom. The molecule has 0 aromatic carbocycles. The third kappa shape index (κ3) is 1.90. The molecule has 0 unspecified atom stereocenters. The average Bonchev–Trinajstić information content (AvgIpc) is 2.68. The van der Waals surface area contributed by atoms with Crippen LogP contribution in [0, 0.1) is 5.92 Å².